The van der Waals surface area contributed by atoms with Crippen LogP contribution in [0.15, 0.2) is 18.2 Å². The first kappa shape index (κ1) is 11.5. The molecule has 0 aromatic heterocycles. The molecule has 0 bridgehead atoms. The molecule has 1 aromatic rings. The molecule has 70 valence electrons. The Labute approximate surface area is 104 Å². The van der Waals surface area contributed by atoms with Gasteiger partial charge in [-0.25, -0.2) is 0 Å². The van der Waals surface area contributed by atoms with Gasteiger partial charge in [-0.1, -0.05) is 27.5 Å². The van der Waals surface area contributed by atoms with Crippen LogP contribution in [0.4, 0.5) is 0 Å². The molecule has 0 amide bonds. The van der Waals surface area contributed by atoms with E-state index < -0.39 is 0 Å². The standard InChI is InChI=1S/C9H7BrClIO/c1-5(10)9(13)7-4-6(11)2-3-8(7)12/h2-5H,1H3. The van der Waals surface area contributed by atoms with Crippen LogP contribution >= 0.6 is 50.1 Å². The van der Waals surface area contributed by atoms with Crippen molar-refractivity contribution in [1.82, 2.24) is 0 Å². The highest BCUT2D eigenvalue weighted by Gasteiger charge is 2.14. The summed E-state index contributed by atoms with van der Waals surface area (Å²) in [5.74, 6) is 0.0619. The Morgan fingerprint density at radius 3 is 2.77 bits per heavy atom. The molecule has 4 heteroatoms. The van der Waals surface area contributed by atoms with Gasteiger partial charge < -0.3 is 0 Å². The molecular weight excluding hydrogens is 366 g/mol. The molecule has 1 unspecified atom stereocenters. The summed E-state index contributed by atoms with van der Waals surface area (Å²) in [4.78, 5) is 11.4. The Morgan fingerprint density at radius 2 is 2.23 bits per heavy atom. The number of halogens is 3. The van der Waals surface area contributed by atoms with E-state index in [4.69, 9.17) is 11.6 Å². The largest absolute Gasteiger partial charge is 0.293 e. The van der Waals surface area contributed by atoms with Crippen molar-refractivity contribution >= 4 is 55.9 Å². The van der Waals surface area contributed by atoms with E-state index in [0.717, 1.165) is 3.57 Å². The Kier molecular flexibility index (Phi) is 4.19. The number of hydrogen-bond donors (Lipinski definition) is 0. The smallest absolute Gasteiger partial charge is 0.177 e. The first-order chi connectivity index (χ1) is 6.02. The van der Waals surface area contributed by atoms with E-state index in [1.54, 1.807) is 19.1 Å². The third-order valence-electron chi connectivity index (χ3n) is 1.56. The van der Waals surface area contributed by atoms with Crippen LogP contribution in [0.25, 0.3) is 0 Å². The molecule has 0 aliphatic heterocycles. The lowest BCUT2D eigenvalue weighted by Gasteiger charge is -2.05. The summed E-state index contributed by atoms with van der Waals surface area (Å²) in [6, 6.07) is 5.31. The molecule has 1 rings (SSSR count). The van der Waals surface area contributed by atoms with E-state index in [2.05, 4.69) is 38.5 Å². The maximum absolute atomic E-state index is 11.6. The van der Waals surface area contributed by atoms with Gasteiger partial charge in [0.15, 0.2) is 5.78 Å². The van der Waals surface area contributed by atoms with Gasteiger partial charge in [0.05, 0.1) is 4.83 Å². The number of hydrogen-bond acceptors (Lipinski definition) is 1. The zero-order valence-corrected chi connectivity index (χ0v) is 11.4. The van der Waals surface area contributed by atoms with Crippen LogP contribution in [0.5, 0.6) is 0 Å². The predicted molar refractivity (Wildman–Crippen MR) is 66.9 cm³/mol. The van der Waals surface area contributed by atoms with Crippen molar-refractivity contribution in [2.24, 2.45) is 0 Å². The second kappa shape index (κ2) is 4.75. The molecule has 1 aromatic carbocycles. The maximum Gasteiger partial charge on any atom is 0.177 e. The molecule has 0 spiro atoms. The van der Waals surface area contributed by atoms with Gasteiger partial charge in [-0.3, -0.25) is 4.79 Å². The number of alkyl halides is 1. The van der Waals surface area contributed by atoms with Crippen molar-refractivity contribution in [2.75, 3.05) is 0 Å². The summed E-state index contributed by atoms with van der Waals surface area (Å²) < 4.78 is 0.929. The molecule has 1 atom stereocenters. The SMILES string of the molecule is CC(Br)C(=O)c1cc(Cl)ccc1I. The molecule has 0 heterocycles. The quantitative estimate of drug-likeness (QED) is 0.436. The van der Waals surface area contributed by atoms with Crippen LogP contribution < -0.4 is 0 Å². The van der Waals surface area contributed by atoms with Gasteiger partial charge >= 0.3 is 0 Å². The number of carbonyl (C=O) groups excluding carboxylic acids is 1. The van der Waals surface area contributed by atoms with Gasteiger partial charge in [-0.15, -0.1) is 0 Å². The van der Waals surface area contributed by atoms with E-state index in [1.165, 1.54) is 0 Å². The topological polar surface area (TPSA) is 17.1 Å². The highest BCUT2D eigenvalue weighted by atomic mass is 127. The van der Waals surface area contributed by atoms with Crippen LogP contribution in [0.1, 0.15) is 17.3 Å². The van der Waals surface area contributed by atoms with Gasteiger partial charge in [0.1, 0.15) is 0 Å². The molecule has 0 saturated heterocycles. The molecule has 0 aliphatic carbocycles. The predicted octanol–water partition coefficient (Wildman–Crippen LogP) is 3.91. The van der Waals surface area contributed by atoms with Crippen molar-refractivity contribution in [3.63, 3.8) is 0 Å². The fraction of sp³-hybridized carbons (Fsp3) is 0.222. The average Bonchev–Trinajstić information content (AvgIpc) is 2.08. The van der Waals surface area contributed by atoms with Gasteiger partial charge in [-0.2, -0.15) is 0 Å². The van der Waals surface area contributed by atoms with Crippen molar-refractivity contribution in [3.8, 4) is 0 Å². The van der Waals surface area contributed by atoms with Crippen molar-refractivity contribution < 1.29 is 4.79 Å². The van der Waals surface area contributed by atoms with Crippen molar-refractivity contribution in [1.29, 1.82) is 0 Å². The van der Waals surface area contributed by atoms with E-state index in [-0.39, 0.29) is 10.6 Å². The van der Waals surface area contributed by atoms with E-state index in [1.807, 2.05) is 6.07 Å². The summed E-state index contributed by atoms with van der Waals surface area (Å²) in [6.07, 6.45) is 0. The minimum atomic E-state index is -0.167. The number of Topliss-reactive ketones (excluding diaryl/α,β-unsaturated/α-hetero) is 1. The lowest BCUT2D eigenvalue weighted by atomic mass is 10.1. The van der Waals surface area contributed by atoms with Crippen LogP contribution in [-0.2, 0) is 0 Å². The summed E-state index contributed by atoms with van der Waals surface area (Å²) >= 11 is 11.2. The number of carbonyl (C=O) groups is 1. The Balaban J connectivity index is 3.13. The molecular formula is C9H7BrClIO. The number of benzene rings is 1. The third-order valence-corrected chi connectivity index (χ3v) is 3.15. The van der Waals surface area contributed by atoms with Crippen LogP contribution in [-0.4, -0.2) is 10.6 Å². The number of ketones is 1. The fourth-order valence-corrected chi connectivity index (χ4v) is 1.92. The molecule has 0 radical (unpaired) electrons. The summed E-state index contributed by atoms with van der Waals surface area (Å²) in [5, 5.41) is 0.594. The Bertz CT molecular complexity index is 338. The average molecular weight is 373 g/mol. The fourth-order valence-electron chi connectivity index (χ4n) is 0.901. The lowest BCUT2D eigenvalue weighted by Crippen LogP contribution is -2.11. The van der Waals surface area contributed by atoms with Gasteiger partial charge in [0, 0.05) is 14.2 Å². The first-order valence-corrected chi connectivity index (χ1v) is 6.03. The van der Waals surface area contributed by atoms with E-state index in [0.29, 0.717) is 10.6 Å². The highest BCUT2D eigenvalue weighted by Crippen LogP contribution is 2.20. The second-order valence-electron chi connectivity index (χ2n) is 2.60. The van der Waals surface area contributed by atoms with E-state index in [9.17, 15) is 4.79 Å². The molecule has 1 nitrogen and oxygen atoms in total. The van der Waals surface area contributed by atoms with Crippen LogP contribution in [0.2, 0.25) is 5.02 Å². The lowest BCUT2D eigenvalue weighted by molar-refractivity contribution is 0.0995. The molecule has 13 heavy (non-hydrogen) atoms. The molecule has 0 N–H and O–H groups in total. The summed E-state index contributed by atoms with van der Waals surface area (Å²) in [7, 11) is 0. The van der Waals surface area contributed by atoms with E-state index >= 15 is 0 Å². The highest BCUT2D eigenvalue weighted by molar-refractivity contribution is 14.1. The minimum Gasteiger partial charge on any atom is -0.293 e. The minimum absolute atomic E-state index is 0.0619. The first-order valence-electron chi connectivity index (χ1n) is 3.65. The summed E-state index contributed by atoms with van der Waals surface area (Å²) in [6.45, 7) is 1.80. The van der Waals surface area contributed by atoms with Crippen LogP contribution in [0, 0.1) is 3.57 Å². The second-order valence-corrected chi connectivity index (χ2v) is 5.58. The summed E-state index contributed by atoms with van der Waals surface area (Å²) in [5.41, 5.74) is 0.678. The van der Waals surface area contributed by atoms with Crippen LogP contribution in [0.3, 0.4) is 0 Å². The molecule has 0 aliphatic rings. The van der Waals surface area contributed by atoms with Gasteiger partial charge in [0.2, 0.25) is 0 Å². The zero-order chi connectivity index (χ0) is 10.0. The Hall–Kier alpha value is 0.390. The number of rotatable bonds is 2. The van der Waals surface area contributed by atoms with Crippen molar-refractivity contribution in [3.05, 3.63) is 32.4 Å². The Morgan fingerprint density at radius 1 is 1.62 bits per heavy atom. The third kappa shape index (κ3) is 2.92. The monoisotopic (exact) mass is 372 g/mol. The van der Waals surface area contributed by atoms with Crippen molar-refractivity contribution in [2.45, 2.75) is 11.8 Å². The maximum atomic E-state index is 11.6. The van der Waals surface area contributed by atoms with Gasteiger partial charge in [-0.05, 0) is 47.7 Å². The molecule has 0 fully saturated rings. The zero-order valence-electron chi connectivity index (χ0n) is 6.85. The molecule has 0 saturated carbocycles. The van der Waals surface area contributed by atoms with Gasteiger partial charge in [0.25, 0.3) is 0 Å². The normalized spacial score (nSPS) is 12.6.